The Hall–Kier alpha value is -1.30. The molecule has 18 heavy (non-hydrogen) atoms. The molecule has 0 radical (unpaired) electrons. The standard InChI is InChI=1S/C12H22N2O4/c1-3-18-9(2)6-13-12(17)14(8-11(15)16)7-10-4-5-10/h9-10H,3-8H2,1-2H3,(H,13,17)(H,15,16). The minimum Gasteiger partial charge on any atom is -0.480 e. The zero-order chi connectivity index (χ0) is 13.5. The van der Waals surface area contributed by atoms with Gasteiger partial charge in [-0.3, -0.25) is 4.79 Å². The summed E-state index contributed by atoms with van der Waals surface area (Å²) in [6, 6.07) is -0.323. The molecular weight excluding hydrogens is 236 g/mol. The van der Waals surface area contributed by atoms with Crippen molar-refractivity contribution in [1.82, 2.24) is 10.2 Å². The summed E-state index contributed by atoms with van der Waals surface area (Å²) < 4.78 is 5.30. The van der Waals surface area contributed by atoms with Gasteiger partial charge in [0.05, 0.1) is 6.10 Å². The van der Waals surface area contributed by atoms with Crippen molar-refractivity contribution in [2.24, 2.45) is 5.92 Å². The van der Waals surface area contributed by atoms with Crippen molar-refractivity contribution in [3.63, 3.8) is 0 Å². The first-order valence-electron chi connectivity index (χ1n) is 6.39. The number of ether oxygens (including phenoxy) is 1. The van der Waals surface area contributed by atoms with Gasteiger partial charge in [0.25, 0.3) is 0 Å². The lowest BCUT2D eigenvalue weighted by Crippen LogP contribution is -2.45. The van der Waals surface area contributed by atoms with Gasteiger partial charge in [-0.1, -0.05) is 0 Å². The molecule has 1 fully saturated rings. The minimum absolute atomic E-state index is 0.0634. The van der Waals surface area contributed by atoms with E-state index in [4.69, 9.17) is 9.84 Å². The van der Waals surface area contributed by atoms with Crippen LogP contribution in [0.15, 0.2) is 0 Å². The number of carbonyl (C=O) groups is 2. The number of hydrogen-bond acceptors (Lipinski definition) is 3. The van der Waals surface area contributed by atoms with Crippen molar-refractivity contribution in [1.29, 1.82) is 0 Å². The number of urea groups is 1. The Labute approximate surface area is 107 Å². The molecule has 1 saturated carbocycles. The van der Waals surface area contributed by atoms with Gasteiger partial charge in [-0.25, -0.2) is 4.79 Å². The fourth-order valence-electron chi connectivity index (χ4n) is 1.68. The van der Waals surface area contributed by atoms with Crippen LogP contribution in [0.3, 0.4) is 0 Å². The van der Waals surface area contributed by atoms with Crippen LogP contribution in [0.25, 0.3) is 0 Å². The van der Waals surface area contributed by atoms with Crippen molar-refractivity contribution in [2.45, 2.75) is 32.8 Å². The van der Waals surface area contributed by atoms with Crippen molar-refractivity contribution in [3.05, 3.63) is 0 Å². The number of amides is 2. The van der Waals surface area contributed by atoms with Gasteiger partial charge in [0.1, 0.15) is 6.54 Å². The Balaban J connectivity index is 2.34. The molecule has 0 aromatic carbocycles. The van der Waals surface area contributed by atoms with Crippen molar-refractivity contribution in [3.8, 4) is 0 Å². The molecule has 104 valence electrons. The van der Waals surface area contributed by atoms with Crippen molar-refractivity contribution in [2.75, 3.05) is 26.2 Å². The fraction of sp³-hybridized carbons (Fsp3) is 0.833. The van der Waals surface area contributed by atoms with Crippen molar-refractivity contribution >= 4 is 12.0 Å². The molecule has 6 nitrogen and oxygen atoms in total. The van der Waals surface area contributed by atoms with E-state index in [1.165, 1.54) is 4.90 Å². The summed E-state index contributed by atoms with van der Waals surface area (Å²) in [5.41, 5.74) is 0. The Morgan fingerprint density at radius 3 is 2.67 bits per heavy atom. The molecule has 6 heteroatoms. The normalized spacial score (nSPS) is 16.1. The van der Waals surface area contributed by atoms with E-state index in [2.05, 4.69) is 5.32 Å². The van der Waals surface area contributed by atoms with E-state index in [1.807, 2.05) is 13.8 Å². The van der Waals surface area contributed by atoms with E-state index in [0.29, 0.717) is 25.6 Å². The number of carboxylic acids is 1. The zero-order valence-electron chi connectivity index (χ0n) is 11.0. The maximum atomic E-state index is 11.8. The Morgan fingerprint density at radius 2 is 2.17 bits per heavy atom. The maximum absolute atomic E-state index is 11.8. The van der Waals surface area contributed by atoms with Crippen LogP contribution in [-0.2, 0) is 9.53 Å². The molecular formula is C12H22N2O4. The van der Waals surface area contributed by atoms with Crippen LogP contribution in [0.2, 0.25) is 0 Å². The molecule has 1 aliphatic rings. The molecule has 0 saturated heterocycles. The molecule has 0 spiro atoms. The highest BCUT2D eigenvalue weighted by molar-refractivity contribution is 5.80. The van der Waals surface area contributed by atoms with Gasteiger partial charge in [0, 0.05) is 19.7 Å². The number of rotatable bonds is 8. The number of carboxylic acid groups (broad SMARTS) is 1. The third kappa shape index (κ3) is 5.86. The fourth-order valence-corrected chi connectivity index (χ4v) is 1.68. The molecule has 1 rings (SSSR count). The summed E-state index contributed by atoms with van der Waals surface area (Å²) in [6.45, 7) is 5.03. The topological polar surface area (TPSA) is 78.9 Å². The highest BCUT2D eigenvalue weighted by Gasteiger charge is 2.27. The predicted octanol–water partition coefficient (Wildman–Crippen LogP) is 0.918. The zero-order valence-corrected chi connectivity index (χ0v) is 11.0. The average molecular weight is 258 g/mol. The molecule has 1 aliphatic carbocycles. The van der Waals surface area contributed by atoms with E-state index < -0.39 is 5.97 Å². The van der Waals surface area contributed by atoms with Gasteiger partial charge in [-0.15, -0.1) is 0 Å². The van der Waals surface area contributed by atoms with E-state index in [-0.39, 0.29) is 18.7 Å². The van der Waals surface area contributed by atoms with E-state index in [9.17, 15) is 9.59 Å². The Bertz CT molecular complexity index is 292. The molecule has 1 atom stereocenters. The molecule has 0 bridgehead atoms. The Morgan fingerprint density at radius 1 is 1.50 bits per heavy atom. The first kappa shape index (κ1) is 14.8. The van der Waals surface area contributed by atoms with Gasteiger partial charge in [0.15, 0.2) is 0 Å². The molecule has 0 heterocycles. The third-order valence-corrected chi connectivity index (χ3v) is 2.78. The summed E-state index contributed by atoms with van der Waals surface area (Å²) in [7, 11) is 0. The number of hydrogen-bond donors (Lipinski definition) is 2. The lowest BCUT2D eigenvalue weighted by molar-refractivity contribution is -0.137. The van der Waals surface area contributed by atoms with Crippen molar-refractivity contribution < 1.29 is 19.4 Å². The molecule has 2 N–H and O–H groups in total. The molecule has 2 amide bonds. The van der Waals surface area contributed by atoms with Crippen LogP contribution in [0.5, 0.6) is 0 Å². The second-order valence-corrected chi connectivity index (χ2v) is 4.67. The number of nitrogens with one attached hydrogen (secondary N) is 1. The maximum Gasteiger partial charge on any atom is 0.323 e. The summed E-state index contributed by atoms with van der Waals surface area (Å²) in [6.07, 6.45) is 2.10. The highest BCUT2D eigenvalue weighted by Crippen LogP contribution is 2.29. The van der Waals surface area contributed by atoms with Crippen LogP contribution < -0.4 is 5.32 Å². The highest BCUT2D eigenvalue weighted by atomic mass is 16.5. The number of carbonyl (C=O) groups excluding carboxylic acids is 1. The lowest BCUT2D eigenvalue weighted by Gasteiger charge is -2.22. The quantitative estimate of drug-likeness (QED) is 0.678. The first-order chi connectivity index (χ1) is 8.52. The Kier molecular flexibility index (Phi) is 5.91. The van der Waals surface area contributed by atoms with Gasteiger partial charge in [-0.05, 0) is 32.6 Å². The third-order valence-electron chi connectivity index (χ3n) is 2.78. The molecule has 0 aromatic heterocycles. The monoisotopic (exact) mass is 258 g/mol. The number of nitrogens with zero attached hydrogens (tertiary/aromatic N) is 1. The average Bonchev–Trinajstić information content (AvgIpc) is 3.08. The van der Waals surface area contributed by atoms with Crippen LogP contribution in [0, 0.1) is 5.92 Å². The molecule has 0 aromatic rings. The SMILES string of the molecule is CCOC(C)CNC(=O)N(CC(=O)O)CC1CC1. The summed E-state index contributed by atoms with van der Waals surface area (Å²) >= 11 is 0. The lowest BCUT2D eigenvalue weighted by atomic mass is 10.3. The van der Waals surface area contributed by atoms with Gasteiger partial charge < -0.3 is 20.1 Å². The molecule has 0 aliphatic heterocycles. The van der Waals surface area contributed by atoms with Crippen LogP contribution in [0.4, 0.5) is 4.79 Å². The summed E-state index contributed by atoms with van der Waals surface area (Å²) in [4.78, 5) is 23.9. The van der Waals surface area contributed by atoms with E-state index >= 15 is 0 Å². The van der Waals surface area contributed by atoms with E-state index in [1.54, 1.807) is 0 Å². The smallest absolute Gasteiger partial charge is 0.323 e. The largest absolute Gasteiger partial charge is 0.480 e. The summed E-state index contributed by atoms with van der Waals surface area (Å²) in [5, 5.41) is 11.5. The van der Waals surface area contributed by atoms with Gasteiger partial charge in [-0.2, -0.15) is 0 Å². The van der Waals surface area contributed by atoms with Crippen LogP contribution in [0.1, 0.15) is 26.7 Å². The second-order valence-electron chi connectivity index (χ2n) is 4.67. The molecule has 1 unspecified atom stereocenters. The number of aliphatic carboxylic acids is 1. The second kappa shape index (κ2) is 7.20. The van der Waals surface area contributed by atoms with Crippen LogP contribution in [-0.4, -0.2) is 54.4 Å². The minimum atomic E-state index is -0.983. The summed E-state index contributed by atoms with van der Waals surface area (Å²) in [5.74, 6) is -0.511. The van der Waals surface area contributed by atoms with E-state index in [0.717, 1.165) is 12.8 Å². The predicted molar refractivity (Wildman–Crippen MR) is 66.4 cm³/mol. The van der Waals surface area contributed by atoms with Gasteiger partial charge in [0.2, 0.25) is 0 Å². The first-order valence-corrected chi connectivity index (χ1v) is 6.39. The van der Waals surface area contributed by atoms with Gasteiger partial charge >= 0.3 is 12.0 Å². The van der Waals surface area contributed by atoms with Crippen LogP contribution >= 0.6 is 0 Å².